The summed E-state index contributed by atoms with van der Waals surface area (Å²) in [6.07, 6.45) is 0.856. The molecule has 1 aromatic rings. The number of nitrogens with zero attached hydrogens (tertiary/aromatic N) is 1. The lowest BCUT2D eigenvalue weighted by Gasteiger charge is -2.21. The lowest BCUT2D eigenvalue weighted by molar-refractivity contribution is -0.121. The van der Waals surface area contributed by atoms with E-state index in [2.05, 4.69) is 35.3 Å². The monoisotopic (exact) mass is 291 g/mol. The Balaban J connectivity index is 1.95. The molecule has 0 aromatic heterocycles. The van der Waals surface area contributed by atoms with Crippen molar-refractivity contribution >= 4 is 11.6 Å². The number of nitrogens with two attached hydrogens (primary N) is 1. The van der Waals surface area contributed by atoms with Gasteiger partial charge >= 0.3 is 0 Å². The molecule has 1 fully saturated rings. The van der Waals surface area contributed by atoms with Crippen molar-refractivity contribution in [3.63, 3.8) is 0 Å². The largest absolute Gasteiger partial charge is 0.383 e. The Morgan fingerprint density at radius 3 is 2.95 bits per heavy atom. The number of amides is 1. The highest BCUT2D eigenvalue weighted by atomic mass is 16.5. The van der Waals surface area contributed by atoms with E-state index in [1.54, 1.807) is 7.11 Å². The molecule has 1 saturated heterocycles. The van der Waals surface area contributed by atoms with Crippen LogP contribution in [0.3, 0.4) is 0 Å². The fourth-order valence-corrected chi connectivity index (χ4v) is 2.80. The third-order valence-corrected chi connectivity index (χ3v) is 4.00. The van der Waals surface area contributed by atoms with Crippen molar-refractivity contribution in [3.8, 4) is 0 Å². The Hall–Kier alpha value is -1.59. The van der Waals surface area contributed by atoms with Crippen LogP contribution in [-0.4, -0.2) is 39.3 Å². The van der Waals surface area contributed by atoms with Crippen molar-refractivity contribution in [1.82, 2.24) is 5.32 Å². The van der Waals surface area contributed by atoms with Crippen LogP contribution in [0.2, 0.25) is 0 Å². The quantitative estimate of drug-likeness (QED) is 0.737. The lowest BCUT2D eigenvalue weighted by Crippen LogP contribution is -2.27. The van der Waals surface area contributed by atoms with E-state index in [9.17, 15) is 4.79 Å². The van der Waals surface area contributed by atoms with E-state index in [4.69, 9.17) is 10.5 Å². The molecule has 1 atom stereocenters. The molecular formula is C16H25N3O2. The molecular weight excluding hydrogens is 266 g/mol. The molecule has 2 rings (SSSR count). The standard InChI is InChI=1S/C16H25N3O2/c1-12-9-13(10-18-6-8-21-2)3-4-15(12)19-7-5-14(11-19)16(17)20/h3-4,9,14,18H,5-8,10-11H2,1-2H3,(H2,17,20). The smallest absolute Gasteiger partial charge is 0.222 e. The number of hydrogen-bond acceptors (Lipinski definition) is 4. The summed E-state index contributed by atoms with van der Waals surface area (Å²) in [6.45, 7) is 6.17. The first-order valence-electron chi connectivity index (χ1n) is 7.45. The van der Waals surface area contributed by atoms with Crippen molar-refractivity contribution in [2.24, 2.45) is 11.7 Å². The molecule has 3 N–H and O–H groups in total. The van der Waals surface area contributed by atoms with Gasteiger partial charge in [0.2, 0.25) is 5.91 Å². The minimum Gasteiger partial charge on any atom is -0.383 e. The Kier molecular flexibility index (Phi) is 5.59. The SMILES string of the molecule is COCCNCc1ccc(N2CCC(C(N)=O)C2)c(C)c1. The molecule has 21 heavy (non-hydrogen) atoms. The van der Waals surface area contributed by atoms with Crippen LogP contribution in [0.1, 0.15) is 17.5 Å². The van der Waals surface area contributed by atoms with Gasteiger partial charge in [0.25, 0.3) is 0 Å². The highest BCUT2D eigenvalue weighted by Crippen LogP contribution is 2.27. The zero-order valence-corrected chi connectivity index (χ0v) is 12.9. The van der Waals surface area contributed by atoms with Crippen molar-refractivity contribution in [3.05, 3.63) is 29.3 Å². The minimum absolute atomic E-state index is 0.0141. The van der Waals surface area contributed by atoms with Crippen LogP contribution in [0, 0.1) is 12.8 Å². The third-order valence-electron chi connectivity index (χ3n) is 4.00. The van der Waals surface area contributed by atoms with Crippen LogP contribution in [0.25, 0.3) is 0 Å². The number of hydrogen-bond donors (Lipinski definition) is 2. The fraction of sp³-hybridized carbons (Fsp3) is 0.562. The number of ether oxygens (including phenoxy) is 1. The van der Waals surface area contributed by atoms with E-state index in [0.717, 1.165) is 39.2 Å². The molecule has 1 aromatic carbocycles. The number of carbonyl (C=O) groups excluding carboxylic acids is 1. The van der Waals surface area contributed by atoms with Gasteiger partial charge < -0.3 is 20.7 Å². The highest BCUT2D eigenvalue weighted by molar-refractivity contribution is 5.78. The molecule has 1 unspecified atom stereocenters. The van der Waals surface area contributed by atoms with Gasteiger partial charge in [-0.15, -0.1) is 0 Å². The topological polar surface area (TPSA) is 67.6 Å². The van der Waals surface area contributed by atoms with Crippen molar-refractivity contribution in [2.75, 3.05) is 38.3 Å². The van der Waals surface area contributed by atoms with E-state index in [1.807, 2.05) is 0 Å². The Morgan fingerprint density at radius 2 is 2.33 bits per heavy atom. The number of aryl methyl sites for hydroxylation is 1. The van der Waals surface area contributed by atoms with Crippen LogP contribution in [0.4, 0.5) is 5.69 Å². The number of primary amides is 1. The normalized spacial score (nSPS) is 18.2. The molecule has 0 radical (unpaired) electrons. The van der Waals surface area contributed by atoms with Crippen LogP contribution in [0.5, 0.6) is 0 Å². The number of benzene rings is 1. The number of carbonyl (C=O) groups is 1. The molecule has 1 heterocycles. The second-order valence-electron chi connectivity index (χ2n) is 5.62. The fourth-order valence-electron chi connectivity index (χ4n) is 2.80. The van der Waals surface area contributed by atoms with Gasteiger partial charge in [0.1, 0.15) is 0 Å². The zero-order chi connectivity index (χ0) is 15.2. The van der Waals surface area contributed by atoms with Crippen LogP contribution in [0.15, 0.2) is 18.2 Å². The molecule has 0 aliphatic carbocycles. The molecule has 5 heteroatoms. The predicted molar refractivity (Wildman–Crippen MR) is 84.3 cm³/mol. The van der Waals surface area contributed by atoms with E-state index >= 15 is 0 Å². The van der Waals surface area contributed by atoms with Crippen molar-refractivity contribution in [1.29, 1.82) is 0 Å². The van der Waals surface area contributed by atoms with Gasteiger partial charge in [-0.3, -0.25) is 4.79 Å². The number of methoxy groups -OCH3 is 1. The maximum absolute atomic E-state index is 11.3. The van der Waals surface area contributed by atoms with Crippen molar-refractivity contribution < 1.29 is 9.53 Å². The minimum atomic E-state index is -0.186. The van der Waals surface area contributed by atoms with E-state index in [1.165, 1.54) is 16.8 Å². The van der Waals surface area contributed by atoms with Gasteiger partial charge in [0, 0.05) is 39.0 Å². The first kappa shape index (κ1) is 15.8. The Morgan fingerprint density at radius 1 is 1.52 bits per heavy atom. The summed E-state index contributed by atoms with van der Waals surface area (Å²) >= 11 is 0. The molecule has 0 bridgehead atoms. The summed E-state index contributed by atoms with van der Waals surface area (Å²) in [5, 5.41) is 3.34. The molecule has 0 spiro atoms. The number of anilines is 1. The number of rotatable bonds is 7. The van der Waals surface area contributed by atoms with Crippen LogP contribution < -0.4 is 16.0 Å². The Bertz CT molecular complexity index is 490. The zero-order valence-electron chi connectivity index (χ0n) is 12.9. The molecule has 1 amide bonds. The first-order valence-corrected chi connectivity index (χ1v) is 7.45. The summed E-state index contributed by atoms with van der Waals surface area (Å²) in [4.78, 5) is 13.5. The molecule has 1 aliphatic rings. The summed E-state index contributed by atoms with van der Waals surface area (Å²) in [5.74, 6) is -0.200. The van der Waals surface area contributed by atoms with Crippen LogP contribution in [-0.2, 0) is 16.1 Å². The Labute approximate surface area is 126 Å². The average molecular weight is 291 g/mol. The summed E-state index contributed by atoms with van der Waals surface area (Å²) < 4.78 is 5.01. The highest BCUT2D eigenvalue weighted by Gasteiger charge is 2.27. The predicted octanol–water partition coefficient (Wildman–Crippen LogP) is 1.04. The molecule has 0 saturated carbocycles. The van der Waals surface area contributed by atoms with E-state index < -0.39 is 0 Å². The van der Waals surface area contributed by atoms with Gasteiger partial charge in [-0.05, 0) is 30.5 Å². The van der Waals surface area contributed by atoms with Gasteiger partial charge in [0.05, 0.1) is 12.5 Å². The van der Waals surface area contributed by atoms with E-state index in [0.29, 0.717) is 0 Å². The van der Waals surface area contributed by atoms with Gasteiger partial charge in [-0.25, -0.2) is 0 Å². The number of nitrogens with one attached hydrogen (secondary N) is 1. The maximum atomic E-state index is 11.3. The molecule has 1 aliphatic heterocycles. The third kappa shape index (κ3) is 4.19. The van der Waals surface area contributed by atoms with Crippen LogP contribution >= 0.6 is 0 Å². The van der Waals surface area contributed by atoms with Crippen molar-refractivity contribution in [2.45, 2.75) is 19.9 Å². The molecule has 116 valence electrons. The van der Waals surface area contributed by atoms with Gasteiger partial charge in [0.15, 0.2) is 0 Å². The summed E-state index contributed by atoms with van der Waals surface area (Å²) in [6, 6.07) is 6.48. The second kappa shape index (κ2) is 7.43. The maximum Gasteiger partial charge on any atom is 0.222 e. The second-order valence-corrected chi connectivity index (χ2v) is 5.62. The lowest BCUT2D eigenvalue weighted by atomic mass is 10.1. The molecule has 5 nitrogen and oxygen atoms in total. The van der Waals surface area contributed by atoms with Gasteiger partial charge in [-0.2, -0.15) is 0 Å². The summed E-state index contributed by atoms with van der Waals surface area (Å²) in [7, 11) is 1.70. The average Bonchev–Trinajstić information content (AvgIpc) is 2.93. The first-order chi connectivity index (χ1) is 10.1. The summed E-state index contributed by atoms with van der Waals surface area (Å²) in [5.41, 5.74) is 9.11. The van der Waals surface area contributed by atoms with E-state index in [-0.39, 0.29) is 11.8 Å². The van der Waals surface area contributed by atoms with Gasteiger partial charge in [-0.1, -0.05) is 12.1 Å².